The molecule has 3 aliphatic rings. The van der Waals surface area contributed by atoms with E-state index in [1.165, 1.54) is 6.39 Å². The molecule has 0 spiro atoms. The Kier molecular flexibility index (Phi) is 5.05. The molecule has 7 heteroatoms. The Morgan fingerprint density at radius 2 is 2.12 bits per heavy atom. The molecule has 7 nitrogen and oxygen atoms in total. The molecule has 0 bridgehead atoms. The van der Waals surface area contributed by atoms with Gasteiger partial charge in [-0.05, 0) is 18.8 Å². The number of ether oxygens (including phenoxy) is 2. The number of nitrogens with zero attached hydrogens (tertiary/aromatic N) is 3. The third-order valence-electron chi connectivity index (χ3n) is 5.75. The van der Waals surface area contributed by atoms with Gasteiger partial charge in [0.15, 0.2) is 17.8 Å². The van der Waals surface area contributed by atoms with Crippen molar-refractivity contribution in [1.82, 2.24) is 14.8 Å². The predicted octanol–water partition coefficient (Wildman–Crippen LogP) is 1.71. The number of aromatic nitrogens is 1. The standard InChI is InChI=1S/C18H27N3O4/c1-2-13-10-21(11-14(13)20-5-8-23-9-6-20)18(22)16-17(25-12-19-16)15-4-3-7-24-15/h12-15H,2-11H2,1H3/t13-,14+,15+/m1/s1. The lowest BCUT2D eigenvalue weighted by Gasteiger charge is -2.34. The van der Waals surface area contributed by atoms with Crippen LogP contribution in [0.25, 0.3) is 0 Å². The van der Waals surface area contributed by atoms with E-state index in [9.17, 15) is 4.79 Å². The first-order valence-electron chi connectivity index (χ1n) is 9.44. The second-order valence-corrected chi connectivity index (χ2v) is 7.16. The van der Waals surface area contributed by atoms with Crippen LogP contribution in [0, 0.1) is 5.92 Å². The minimum Gasteiger partial charge on any atom is -0.445 e. The summed E-state index contributed by atoms with van der Waals surface area (Å²) in [6, 6.07) is 0.413. The Hall–Kier alpha value is -1.44. The molecule has 3 atom stereocenters. The number of hydrogen-bond acceptors (Lipinski definition) is 6. The molecule has 0 unspecified atom stereocenters. The van der Waals surface area contributed by atoms with Crippen molar-refractivity contribution in [2.75, 3.05) is 46.0 Å². The smallest absolute Gasteiger partial charge is 0.276 e. The van der Waals surface area contributed by atoms with Gasteiger partial charge in [-0.1, -0.05) is 13.3 Å². The zero-order valence-corrected chi connectivity index (χ0v) is 14.9. The molecule has 0 radical (unpaired) electrons. The zero-order chi connectivity index (χ0) is 17.2. The molecule has 0 saturated carbocycles. The largest absolute Gasteiger partial charge is 0.445 e. The predicted molar refractivity (Wildman–Crippen MR) is 90.3 cm³/mol. The maximum Gasteiger partial charge on any atom is 0.276 e. The fraction of sp³-hybridized carbons (Fsp3) is 0.778. The average Bonchev–Trinajstić information content (AvgIpc) is 3.41. The normalized spacial score (nSPS) is 30.9. The van der Waals surface area contributed by atoms with Crippen LogP contribution in [-0.4, -0.2) is 72.7 Å². The molecule has 0 aromatic carbocycles. The molecule has 0 N–H and O–H groups in total. The Morgan fingerprint density at radius 1 is 1.28 bits per heavy atom. The number of oxazole rings is 1. The molecule has 138 valence electrons. The van der Waals surface area contributed by atoms with Crippen LogP contribution in [0.1, 0.15) is 48.5 Å². The van der Waals surface area contributed by atoms with Crippen LogP contribution < -0.4 is 0 Å². The number of amides is 1. The van der Waals surface area contributed by atoms with E-state index in [0.717, 1.165) is 65.3 Å². The molecule has 25 heavy (non-hydrogen) atoms. The zero-order valence-electron chi connectivity index (χ0n) is 14.9. The van der Waals surface area contributed by atoms with Crippen LogP contribution in [0.15, 0.2) is 10.8 Å². The highest BCUT2D eigenvalue weighted by Gasteiger charge is 2.40. The Labute approximate surface area is 148 Å². The average molecular weight is 349 g/mol. The number of carbonyl (C=O) groups excluding carboxylic acids is 1. The van der Waals surface area contributed by atoms with Crippen LogP contribution in [0.5, 0.6) is 0 Å². The van der Waals surface area contributed by atoms with Gasteiger partial charge in [-0.3, -0.25) is 9.69 Å². The van der Waals surface area contributed by atoms with Crippen LogP contribution in [0.2, 0.25) is 0 Å². The van der Waals surface area contributed by atoms with Gasteiger partial charge in [0.05, 0.1) is 13.2 Å². The van der Waals surface area contributed by atoms with Gasteiger partial charge in [0.25, 0.3) is 5.91 Å². The molecule has 0 aliphatic carbocycles. The molecule has 1 aromatic heterocycles. The fourth-order valence-corrected chi connectivity index (χ4v) is 4.32. The highest BCUT2D eigenvalue weighted by atomic mass is 16.5. The molecule has 4 heterocycles. The van der Waals surface area contributed by atoms with E-state index in [4.69, 9.17) is 13.9 Å². The van der Waals surface area contributed by atoms with Gasteiger partial charge in [-0.25, -0.2) is 4.98 Å². The lowest BCUT2D eigenvalue weighted by atomic mass is 9.99. The van der Waals surface area contributed by atoms with Crippen molar-refractivity contribution >= 4 is 5.91 Å². The second kappa shape index (κ2) is 7.43. The first-order chi connectivity index (χ1) is 12.3. The van der Waals surface area contributed by atoms with Gasteiger partial charge in [0, 0.05) is 38.8 Å². The van der Waals surface area contributed by atoms with Gasteiger partial charge in [-0.15, -0.1) is 0 Å². The summed E-state index contributed by atoms with van der Waals surface area (Å²) in [4.78, 5) is 21.7. The Morgan fingerprint density at radius 3 is 2.84 bits per heavy atom. The lowest BCUT2D eigenvalue weighted by molar-refractivity contribution is 0.0102. The minimum atomic E-state index is -0.124. The van der Waals surface area contributed by atoms with E-state index >= 15 is 0 Å². The Balaban J connectivity index is 1.48. The van der Waals surface area contributed by atoms with Gasteiger partial charge in [-0.2, -0.15) is 0 Å². The highest BCUT2D eigenvalue weighted by Crippen LogP contribution is 2.32. The van der Waals surface area contributed by atoms with Crippen LogP contribution >= 0.6 is 0 Å². The molecule has 4 rings (SSSR count). The van der Waals surface area contributed by atoms with Crippen molar-refractivity contribution in [2.24, 2.45) is 5.92 Å². The summed E-state index contributed by atoms with van der Waals surface area (Å²) in [6.07, 6.45) is 4.21. The maximum atomic E-state index is 13.1. The van der Waals surface area contributed by atoms with Gasteiger partial charge in [0.1, 0.15) is 6.10 Å². The summed E-state index contributed by atoms with van der Waals surface area (Å²) >= 11 is 0. The number of carbonyl (C=O) groups is 1. The summed E-state index contributed by atoms with van der Waals surface area (Å²) in [6.45, 7) is 7.95. The third-order valence-corrected chi connectivity index (χ3v) is 5.75. The SMILES string of the molecule is CC[C@@H]1CN(C(=O)c2ncoc2[C@@H]2CCCO2)C[C@@H]1N1CCOCC1. The first kappa shape index (κ1) is 17.0. The second-order valence-electron chi connectivity index (χ2n) is 7.16. The molecule has 3 fully saturated rings. The van der Waals surface area contributed by atoms with Crippen molar-refractivity contribution in [3.05, 3.63) is 17.8 Å². The summed E-state index contributed by atoms with van der Waals surface area (Å²) in [5.74, 6) is 1.08. The highest BCUT2D eigenvalue weighted by molar-refractivity contribution is 5.93. The van der Waals surface area contributed by atoms with Crippen molar-refractivity contribution in [3.63, 3.8) is 0 Å². The van der Waals surface area contributed by atoms with Gasteiger partial charge >= 0.3 is 0 Å². The topological polar surface area (TPSA) is 68.0 Å². The minimum absolute atomic E-state index is 0.0199. The van der Waals surface area contributed by atoms with Crippen molar-refractivity contribution in [3.8, 4) is 0 Å². The van der Waals surface area contributed by atoms with Crippen molar-refractivity contribution < 1.29 is 18.7 Å². The molecular weight excluding hydrogens is 322 g/mol. The summed E-state index contributed by atoms with van der Waals surface area (Å²) in [5, 5.41) is 0. The number of likely N-dealkylation sites (tertiary alicyclic amines) is 1. The van der Waals surface area contributed by atoms with Crippen molar-refractivity contribution in [2.45, 2.75) is 38.3 Å². The quantitative estimate of drug-likeness (QED) is 0.824. The molecule has 1 aromatic rings. The monoisotopic (exact) mass is 349 g/mol. The van der Waals surface area contributed by atoms with E-state index in [1.807, 2.05) is 4.90 Å². The molecule has 3 aliphatic heterocycles. The maximum absolute atomic E-state index is 13.1. The summed E-state index contributed by atoms with van der Waals surface area (Å²) in [5.41, 5.74) is 0.435. The van der Waals surface area contributed by atoms with Gasteiger partial charge in [0.2, 0.25) is 0 Å². The number of rotatable bonds is 4. The first-order valence-corrected chi connectivity index (χ1v) is 9.44. The summed E-state index contributed by atoms with van der Waals surface area (Å²) in [7, 11) is 0. The van der Waals surface area contributed by atoms with E-state index in [-0.39, 0.29) is 12.0 Å². The summed E-state index contributed by atoms with van der Waals surface area (Å²) < 4.78 is 16.7. The molecule has 1 amide bonds. The van der Waals surface area contributed by atoms with Crippen molar-refractivity contribution in [1.29, 1.82) is 0 Å². The van der Waals surface area contributed by atoms with Crippen LogP contribution in [0.3, 0.4) is 0 Å². The van der Waals surface area contributed by atoms with E-state index in [1.54, 1.807) is 0 Å². The molecule has 3 saturated heterocycles. The van der Waals surface area contributed by atoms with E-state index < -0.39 is 0 Å². The molecular formula is C18H27N3O4. The fourth-order valence-electron chi connectivity index (χ4n) is 4.32. The van der Waals surface area contributed by atoms with Crippen LogP contribution in [-0.2, 0) is 9.47 Å². The lowest BCUT2D eigenvalue weighted by Crippen LogP contribution is -2.47. The van der Waals surface area contributed by atoms with Crippen LogP contribution in [0.4, 0.5) is 0 Å². The number of morpholine rings is 1. The number of hydrogen-bond donors (Lipinski definition) is 0. The third kappa shape index (κ3) is 3.32. The van der Waals surface area contributed by atoms with Gasteiger partial charge < -0.3 is 18.8 Å². The van der Waals surface area contributed by atoms with E-state index in [2.05, 4.69) is 16.8 Å². The Bertz CT molecular complexity index is 593. The van der Waals surface area contributed by atoms with E-state index in [0.29, 0.717) is 23.4 Å².